The fourth-order valence-corrected chi connectivity index (χ4v) is 2.63. The Bertz CT molecular complexity index is 655. The highest BCUT2D eigenvalue weighted by Crippen LogP contribution is 2.45. The SMILES string of the molecule is Cc1ccc(CNC(=O)NC2(c3ccc(C)cc3)CC2)cc1. The molecule has 2 aromatic rings. The average Bonchev–Trinajstić information content (AvgIpc) is 3.28. The molecule has 2 N–H and O–H groups in total. The maximum Gasteiger partial charge on any atom is 0.315 e. The van der Waals surface area contributed by atoms with E-state index in [1.165, 1.54) is 16.7 Å². The number of aryl methyl sites for hydroxylation is 2. The van der Waals surface area contributed by atoms with Crippen molar-refractivity contribution in [2.45, 2.75) is 38.8 Å². The van der Waals surface area contributed by atoms with Gasteiger partial charge in [-0.25, -0.2) is 4.79 Å². The van der Waals surface area contributed by atoms with Gasteiger partial charge in [0.2, 0.25) is 0 Å². The summed E-state index contributed by atoms with van der Waals surface area (Å²) in [4.78, 5) is 12.2. The van der Waals surface area contributed by atoms with Gasteiger partial charge in [-0.1, -0.05) is 59.7 Å². The van der Waals surface area contributed by atoms with Gasteiger partial charge in [0, 0.05) is 6.54 Å². The summed E-state index contributed by atoms with van der Waals surface area (Å²) in [6, 6.07) is 16.5. The molecule has 0 aromatic heterocycles. The molecule has 1 aliphatic carbocycles. The number of carbonyl (C=O) groups is 1. The Morgan fingerprint density at radius 3 is 2.05 bits per heavy atom. The Morgan fingerprint density at radius 1 is 0.955 bits per heavy atom. The first kappa shape index (κ1) is 14.6. The standard InChI is InChI=1S/C19H22N2O/c1-14-3-7-16(8-4-14)13-20-18(22)21-19(11-12-19)17-9-5-15(2)6-10-17/h3-10H,11-13H2,1-2H3,(H2,20,21,22). The summed E-state index contributed by atoms with van der Waals surface area (Å²) in [6.07, 6.45) is 2.02. The second-order valence-electron chi connectivity index (χ2n) is 6.24. The van der Waals surface area contributed by atoms with Gasteiger partial charge in [-0.2, -0.15) is 0 Å². The smallest absolute Gasteiger partial charge is 0.315 e. The molecule has 3 heteroatoms. The van der Waals surface area contributed by atoms with E-state index in [1.807, 2.05) is 12.1 Å². The van der Waals surface area contributed by atoms with Crippen LogP contribution < -0.4 is 10.6 Å². The highest BCUT2D eigenvalue weighted by atomic mass is 16.2. The highest BCUT2D eigenvalue weighted by Gasteiger charge is 2.45. The van der Waals surface area contributed by atoms with Crippen LogP contribution in [-0.2, 0) is 12.1 Å². The average molecular weight is 294 g/mol. The van der Waals surface area contributed by atoms with Gasteiger partial charge in [0.15, 0.2) is 0 Å². The van der Waals surface area contributed by atoms with Crippen LogP contribution >= 0.6 is 0 Å². The predicted octanol–water partition coefficient (Wildman–Crippen LogP) is 3.79. The number of urea groups is 1. The summed E-state index contributed by atoms with van der Waals surface area (Å²) < 4.78 is 0. The minimum atomic E-state index is -0.162. The van der Waals surface area contributed by atoms with Crippen molar-refractivity contribution in [1.82, 2.24) is 10.6 Å². The van der Waals surface area contributed by atoms with Gasteiger partial charge in [-0.3, -0.25) is 0 Å². The molecule has 1 saturated carbocycles. The molecule has 0 unspecified atom stereocenters. The molecule has 0 atom stereocenters. The van der Waals surface area contributed by atoms with Crippen LogP contribution in [0.2, 0.25) is 0 Å². The first-order valence-electron chi connectivity index (χ1n) is 7.76. The van der Waals surface area contributed by atoms with E-state index >= 15 is 0 Å². The maximum atomic E-state index is 12.2. The molecule has 22 heavy (non-hydrogen) atoms. The molecule has 1 fully saturated rings. The quantitative estimate of drug-likeness (QED) is 0.885. The third-order valence-corrected chi connectivity index (χ3v) is 4.28. The van der Waals surface area contributed by atoms with Crippen LogP contribution in [0.3, 0.4) is 0 Å². The molecule has 3 rings (SSSR count). The van der Waals surface area contributed by atoms with Crippen LogP contribution in [0.4, 0.5) is 4.79 Å². The molecule has 0 bridgehead atoms. The van der Waals surface area contributed by atoms with E-state index in [9.17, 15) is 4.79 Å². The predicted molar refractivity (Wildman–Crippen MR) is 88.6 cm³/mol. The lowest BCUT2D eigenvalue weighted by Crippen LogP contribution is -2.41. The molecular formula is C19H22N2O. The van der Waals surface area contributed by atoms with Crippen LogP contribution in [0.1, 0.15) is 35.1 Å². The fourth-order valence-electron chi connectivity index (χ4n) is 2.63. The van der Waals surface area contributed by atoms with Crippen LogP contribution in [0.5, 0.6) is 0 Å². The molecule has 2 amide bonds. The second kappa shape index (κ2) is 5.84. The van der Waals surface area contributed by atoms with Crippen molar-refractivity contribution in [1.29, 1.82) is 0 Å². The van der Waals surface area contributed by atoms with Gasteiger partial charge >= 0.3 is 6.03 Å². The Morgan fingerprint density at radius 2 is 1.50 bits per heavy atom. The third kappa shape index (κ3) is 3.30. The third-order valence-electron chi connectivity index (χ3n) is 4.28. The largest absolute Gasteiger partial charge is 0.334 e. The molecule has 3 nitrogen and oxygen atoms in total. The first-order chi connectivity index (χ1) is 10.6. The van der Waals surface area contributed by atoms with E-state index in [-0.39, 0.29) is 11.6 Å². The van der Waals surface area contributed by atoms with E-state index in [2.05, 4.69) is 60.9 Å². The van der Waals surface area contributed by atoms with E-state index < -0.39 is 0 Å². The number of nitrogens with one attached hydrogen (secondary N) is 2. The summed E-state index contributed by atoms with van der Waals surface area (Å²) in [6.45, 7) is 4.68. The molecule has 2 aromatic carbocycles. The van der Waals surface area contributed by atoms with Crippen molar-refractivity contribution in [3.8, 4) is 0 Å². The number of carbonyl (C=O) groups excluding carboxylic acids is 1. The summed E-state index contributed by atoms with van der Waals surface area (Å²) in [5, 5.41) is 6.08. The molecule has 0 heterocycles. The Hall–Kier alpha value is -2.29. The highest BCUT2D eigenvalue weighted by molar-refractivity contribution is 5.75. The van der Waals surface area contributed by atoms with Gasteiger partial charge < -0.3 is 10.6 Å². The number of hydrogen-bond donors (Lipinski definition) is 2. The van der Waals surface area contributed by atoms with Crippen molar-refractivity contribution in [3.05, 3.63) is 70.8 Å². The molecule has 0 aliphatic heterocycles. The number of rotatable bonds is 4. The normalized spacial score (nSPS) is 15.2. The lowest BCUT2D eigenvalue weighted by molar-refractivity contribution is 0.235. The molecule has 1 aliphatic rings. The van der Waals surface area contributed by atoms with Crippen molar-refractivity contribution >= 4 is 6.03 Å². The monoisotopic (exact) mass is 294 g/mol. The number of hydrogen-bond acceptors (Lipinski definition) is 1. The van der Waals surface area contributed by atoms with Crippen LogP contribution in [0.25, 0.3) is 0 Å². The second-order valence-corrected chi connectivity index (χ2v) is 6.24. The van der Waals surface area contributed by atoms with E-state index in [0.29, 0.717) is 6.54 Å². The van der Waals surface area contributed by atoms with Crippen molar-refractivity contribution in [2.75, 3.05) is 0 Å². The lowest BCUT2D eigenvalue weighted by atomic mass is 10.0. The van der Waals surface area contributed by atoms with Gasteiger partial charge in [0.1, 0.15) is 0 Å². The summed E-state index contributed by atoms with van der Waals surface area (Å²) in [7, 11) is 0. The zero-order chi connectivity index (χ0) is 15.6. The zero-order valence-electron chi connectivity index (χ0n) is 13.1. The first-order valence-corrected chi connectivity index (χ1v) is 7.76. The van der Waals surface area contributed by atoms with Gasteiger partial charge in [-0.05, 0) is 37.8 Å². The molecule has 114 valence electrons. The minimum Gasteiger partial charge on any atom is -0.334 e. The van der Waals surface area contributed by atoms with Crippen LogP contribution in [0.15, 0.2) is 48.5 Å². The lowest BCUT2D eigenvalue weighted by Gasteiger charge is -2.18. The van der Waals surface area contributed by atoms with Crippen molar-refractivity contribution in [2.24, 2.45) is 0 Å². The van der Waals surface area contributed by atoms with E-state index in [1.54, 1.807) is 0 Å². The van der Waals surface area contributed by atoms with E-state index in [4.69, 9.17) is 0 Å². The Kier molecular flexibility index (Phi) is 3.88. The molecular weight excluding hydrogens is 272 g/mol. The number of benzene rings is 2. The minimum absolute atomic E-state index is 0.0985. The van der Waals surface area contributed by atoms with Crippen LogP contribution in [0, 0.1) is 13.8 Å². The van der Waals surface area contributed by atoms with Crippen molar-refractivity contribution in [3.63, 3.8) is 0 Å². The summed E-state index contributed by atoms with van der Waals surface area (Å²) >= 11 is 0. The Balaban J connectivity index is 1.57. The van der Waals surface area contributed by atoms with Gasteiger partial charge in [-0.15, -0.1) is 0 Å². The summed E-state index contributed by atoms with van der Waals surface area (Å²) in [5.41, 5.74) is 4.61. The topological polar surface area (TPSA) is 41.1 Å². The van der Waals surface area contributed by atoms with Crippen LogP contribution in [-0.4, -0.2) is 6.03 Å². The number of amides is 2. The molecule has 0 spiro atoms. The van der Waals surface area contributed by atoms with Gasteiger partial charge in [0.25, 0.3) is 0 Å². The molecule has 0 radical (unpaired) electrons. The van der Waals surface area contributed by atoms with Gasteiger partial charge in [0.05, 0.1) is 5.54 Å². The zero-order valence-corrected chi connectivity index (χ0v) is 13.1. The molecule has 0 saturated heterocycles. The van der Waals surface area contributed by atoms with Crippen molar-refractivity contribution < 1.29 is 4.79 Å². The maximum absolute atomic E-state index is 12.2. The Labute approximate surface area is 131 Å². The van der Waals surface area contributed by atoms with E-state index in [0.717, 1.165) is 18.4 Å². The summed E-state index contributed by atoms with van der Waals surface area (Å²) in [5.74, 6) is 0. The fraction of sp³-hybridized carbons (Fsp3) is 0.316.